The van der Waals surface area contributed by atoms with Gasteiger partial charge in [0.25, 0.3) is 0 Å². The van der Waals surface area contributed by atoms with Gasteiger partial charge in [0.05, 0.1) is 56.1 Å². The van der Waals surface area contributed by atoms with Crippen LogP contribution in [0.3, 0.4) is 0 Å². The highest BCUT2D eigenvalue weighted by Crippen LogP contribution is 2.31. The van der Waals surface area contributed by atoms with E-state index in [1.54, 1.807) is 6.07 Å². The van der Waals surface area contributed by atoms with E-state index in [4.69, 9.17) is 40.5 Å². The number of pyridine rings is 1. The largest absolute Gasteiger partial charge is 0.473 e. The number of ether oxygens (including phenoxy) is 4. The van der Waals surface area contributed by atoms with Crippen LogP contribution in [-0.4, -0.2) is 71.5 Å². The number of aromatic nitrogens is 3. The number of carbonyl (C=O) groups excluding carboxylic acids is 1. The molecule has 2 aromatic carbocycles. The average Bonchev–Trinajstić information content (AvgIpc) is 3.33. The van der Waals surface area contributed by atoms with E-state index >= 15 is 0 Å². The molecule has 0 aliphatic carbocycles. The van der Waals surface area contributed by atoms with Crippen LogP contribution in [0.25, 0.3) is 11.0 Å². The van der Waals surface area contributed by atoms with Gasteiger partial charge >= 0.3 is 5.97 Å². The van der Waals surface area contributed by atoms with Crippen molar-refractivity contribution < 1.29 is 23.7 Å². The second-order valence-corrected chi connectivity index (χ2v) is 12.3. The fourth-order valence-corrected chi connectivity index (χ4v) is 6.46. The number of likely N-dealkylation sites (tertiary alicyclic amines) is 1. The Hall–Kier alpha value is -3.50. The van der Waals surface area contributed by atoms with E-state index in [0.717, 1.165) is 98.4 Å². The number of fused-ring (bicyclic) bond motifs is 1. The molecule has 2 aromatic heterocycles. The molecule has 230 valence electrons. The summed E-state index contributed by atoms with van der Waals surface area (Å²) in [6, 6.07) is 17.8. The van der Waals surface area contributed by atoms with Gasteiger partial charge < -0.3 is 23.5 Å². The normalized spacial score (nSPS) is 19.5. The Labute approximate surface area is 262 Å². The first-order chi connectivity index (χ1) is 21.5. The quantitative estimate of drug-likeness (QED) is 0.209. The minimum atomic E-state index is -0.344. The van der Waals surface area contributed by atoms with Gasteiger partial charge in [0.15, 0.2) is 0 Å². The maximum Gasteiger partial charge on any atom is 0.337 e. The summed E-state index contributed by atoms with van der Waals surface area (Å²) in [5, 5.41) is 0.718. The van der Waals surface area contributed by atoms with Crippen molar-refractivity contribution in [1.82, 2.24) is 19.4 Å². The summed E-state index contributed by atoms with van der Waals surface area (Å²) in [6.45, 7) is 6.06. The van der Waals surface area contributed by atoms with Crippen molar-refractivity contribution in [2.24, 2.45) is 0 Å². The van der Waals surface area contributed by atoms with E-state index in [1.807, 2.05) is 36.4 Å². The van der Waals surface area contributed by atoms with E-state index in [0.29, 0.717) is 29.9 Å². The number of hydrogen-bond acceptors (Lipinski definition) is 8. The number of hydrogen-bond donors (Lipinski definition) is 0. The van der Waals surface area contributed by atoms with Gasteiger partial charge in [-0.25, -0.2) is 14.8 Å². The average molecular weight is 617 g/mol. The molecule has 0 radical (unpaired) electrons. The molecule has 3 saturated heterocycles. The fourth-order valence-electron chi connectivity index (χ4n) is 6.21. The van der Waals surface area contributed by atoms with Crippen LogP contribution in [0.2, 0.25) is 5.02 Å². The first-order valence-corrected chi connectivity index (χ1v) is 15.8. The van der Waals surface area contributed by atoms with Crippen molar-refractivity contribution in [3.8, 4) is 5.88 Å². The van der Waals surface area contributed by atoms with Gasteiger partial charge in [0.2, 0.25) is 5.88 Å². The van der Waals surface area contributed by atoms with Gasteiger partial charge in [-0.05, 0) is 68.2 Å². The number of piperidine rings is 1. The molecule has 3 aliphatic heterocycles. The molecule has 3 fully saturated rings. The van der Waals surface area contributed by atoms with E-state index < -0.39 is 0 Å². The number of methoxy groups -OCH3 is 1. The van der Waals surface area contributed by atoms with Crippen LogP contribution < -0.4 is 4.74 Å². The zero-order chi connectivity index (χ0) is 30.0. The Bertz CT molecular complexity index is 1640. The molecule has 9 nitrogen and oxygen atoms in total. The minimum Gasteiger partial charge on any atom is -0.473 e. The highest BCUT2D eigenvalue weighted by atomic mass is 35.5. The van der Waals surface area contributed by atoms with Crippen molar-refractivity contribution >= 4 is 28.6 Å². The van der Waals surface area contributed by atoms with Crippen molar-refractivity contribution in [3.63, 3.8) is 0 Å². The number of carbonyl (C=O) groups is 1. The number of halogens is 1. The van der Waals surface area contributed by atoms with Gasteiger partial charge in [0, 0.05) is 40.8 Å². The Balaban J connectivity index is 0.985. The molecule has 0 N–H and O–H groups in total. The lowest BCUT2D eigenvalue weighted by Crippen LogP contribution is -2.35. The molecular formula is C34H37ClN4O5. The smallest absolute Gasteiger partial charge is 0.337 e. The first-order valence-electron chi connectivity index (χ1n) is 15.4. The third-order valence-corrected chi connectivity index (χ3v) is 9.46. The molecule has 1 unspecified atom stereocenters. The second-order valence-electron chi connectivity index (χ2n) is 11.9. The summed E-state index contributed by atoms with van der Waals surface area (Å²) in [5.74, 6) is 2.08. The Morgan fingerprint density at radius 2 is 1.86 bits per heavy atom. The predicted octanol–water partition coefficient (Wildman–Crippen LogP) is 5.73. The number of rotatable bonds is 10. The lowest BCUT2D eigenvalue weighted by Gasteiger charge is -2.32. The van der Waals surface area contributed by atoms with E-state index in [9.17, 15) is 4.79 Å². The molecule has 0 bridgehead atoms. The van der Waals surface area contributed by atoms with Gasteiger partial charge in [-0.1, -0.05) is 29.8 Å². The SMILES string of the molecule is COC(=O)c1ccc2nc(CN3CCC(c4cccc(OCc5ccc(C6COC6)cc5Cl)n4)CC3)n(CC3CCO3)c2c1. The number of imidazole rings is 1. The van der Waals surface area contributed by atoms with Crippen molar-refractivity contribution in [1.29, 1.82) is 0 Å². The van der Waals surface area contributed by atoms with Crippen LogP contribution in [0.1, 0.15) is 64.1 Å². The summed E-state index contributed by atoms with van der Waals surface area (Å²) < 4.78 is 24.3. The third-order valence-electron chi connectivity index (χ3n) is 9.11. The summed E-state index contributed by atoms with van der Waals surface area (Å²) in [7, 11) is 1.40. The fraction of sp³-hybridized carbons (Fsp3) is 0.441. The molecule has 10 heteroatoms. The zero-order valence-electron chi connectivity index (χ0n) is 24.9. The van der Waals surface area contributed by atoms with Gasteiger partial charge in [-0.15, -0.1) is 0 Å². The Morgan fingerprint density at radius 1 is 1.02 bits per heavy atom. The predicted molar refractivity (Wildman–Crippen MR) is 166 cm³/mol. The van der Waals surface area contributed by atoms with Gasteiger partial charge in [-0.3, -0.25) is 4.90 Å². The van der Waals surface area contributed by atoms with Crippen LogP contribution >= 0.6 is 11.6 Å². The molecular weight excluding hydrogens is 580 g/mol. The van der Waals surface area contributed by atoms with E-state index in [1.165, 1.54) is 12.7 Å². The van der Waals surface area contributed by atoms with Crippen LogP contribution in [0.4, 0.5) is 0 Å². The van der Waals surface area contributed by atoms with Crippen molar-refractivity contribution in [2.45, 2.75) is 56.9 Å². The monoisotopic (exact) mass is 616 g/mol. The molecule has 0 saturated carbocycles. The molecule has 1 atom stereocenters. The molecule has 44 heavy (non-hydrogen) atoms. The topological polar surface area (TPSA) is 87.9 Å². The Morgan fingerprint density at radius 3 is 2.57 bits per heavy atom. The minimum absolute atomic E-state index is 0.178. The zero-order valence-corrected chi connectivity index (χ0v) is 25.7. The molecule has 3 aliphatic rings. The van der Waals surface area contributed by atoms with Crippen molar-refractivity contribution in [3.05, 3.63) is 87.8 Å². The standard InChI is InChI=1S/C34H37ClN4O5/c1-41-34(40)24-7-8-30-31(16-24)39(17-27-11-14-43-27)32(36-30)18-38-12-9-22(10-13-38)29-3-2-4-33(37-29)44-21-25-6-5-23(15-28(25)35)26-19-42-20-26/h2-8,15-16,22,26-27H,9-14,17-21H2,1H3. The molecule has 4 aromatic rings. The van der Waals surface area contributed by atoms with Crippen molar-refractivity contribution in [2.75, 3.05) is 40.0 Å². The van der Waals surface area contributed by atoms with Gasteiger partial charge in [-0.2, -0.15) is 0 Å². The number of esters is 1. The maximum atomic E-state index is 12.2. The van der Waals surface area contributed by atoms with Crippen LogP contribution in [-0.2, 0) is 33.9 Å². The number of benzene rings is 2. The molecule has 0 amide bonds. The summed E-state index contributed by atoms with van der Waals surface area (Å²) >= 11 is 6.56. The van der Waals surface area contributed by atoms with Crippen LogP contribution in [0.5, 0.6) is 5.88 Å². The molecule has 7 rings (SSSR count). The summed E-state index contributed by atoms with van der Waals surface area (Å²) in [4.78, 5) is 24.5. The van der Waals surface area contributed by atoms with Crippen LogP contribution in [0.15, 0.2) is 54.6 Å². The summed E-state index contributed by atoms with van der Waals surface area (Å²) in [6.07, 6.45) is 3.23. The number of nitrogens with zero attached hydrogens (tertiary/aromatic N) is 4. The maximum absolute atomic E-state index is 12.2. The van der Waals surface area contributed by atoms with Gasteiger partial charge in [0.1, 0.15) is 12.4 Å². The first kappa shape index (κ1) is 29.2. The van der Waals surface area contributed by atoms with E-state index in [-0.39, 0.29) is 12.1 Å². The Kier molecular flexibility index (Phi) is 8.53. The lowest BCUT2D eigenvalue weighted by molar-refractivity contribution is -0.0592. The van der Waals surface area contributed by atoms with E-state index in [2.05, 4.69) is 21.6 Å². The molecule has 5 heterocycles. The highest BCUT2D eigenvalue weighted by Gasteiger charge is 2.26. The molecule has 0 spiro atoms. The third kappa shape index (κ3) is 6.19. The highest BCUT2D eigenvalue weighted by molar-refractivity contribution is 6.31. The lowest BCUT2D eigenvalue weighted by atomic mass is 9.93. The van der Waals surface area contributed by atoms with Crippen LogP contribution in [0, 0.1) is 0 Å². The summed E-state index contributed by atoms with van der Waals surface area (Å²) in [5.41, 5.74) is 5.59. The second kappa shape index (κ2) is 12.9.